The average molecular weight is 356 g/mol. The lowest BCUT2D eigenvalue weighted by molar-refractivity contribution is -0.145. The minimum absolute atomic E-state index is 0.0375. The number of nitrogens with zero attached hydrogens (tertiary/aromatic N) is 2. The number of ether oxygens (including phenoxy) is 1. The molecular formula is C20H24N2O4. The van der Waals surface area contributed by atoms with Crippen molar-refractivity contribution in [1.82, 2.24) is 10.1 Å². The number of hydrogen-bond donors (Lipinski definition) is 0. The Morgan fingerprint density at radius 1 is 1.15 bits per heavy atom. The van der Waals surface area contributed by atoms with E-state index in [0.717, 1.165) is 19.3 Å². The van der Waals surface area contributed by atoms with Crippen LogP contribution in [0.3, 0.4) is 0 Å². The number of carbonyl (C=O) groups is 2. The molecule has 1 aliphatic rings. The second kappa shape index (κ2) is 7.40. The number of hydrogen-bond acceptors (Lipinski definition) is 6. The van der Waals surface area contributed by atoms with E-state index in [1.807, 2.05) is 39.0 Å². The fourth-order valence-electron chi connectivity index (χ4n) is 2.94. The van der Waals surface area contributed by atoms with E-state index in [1.165, 1.54) is 11.1 Å². The second-order valence-electron chi connectivity index (χ2n) is 7.68. The van der Waals surface area contributed by atoms with Crippen LogP contribution in [0.4, 0.5) is 0 Å². The van der Waals surface area contributed by atoms with Crippen molar-refractivity contribution in [2.24, 2.45) is 0 Å². The van der Waals surface area contributed by atoms with Crippen LogP contribution in [0, 0.1) is 0 Å². The number of fused-ring (bicyclic) bond motifs is 1. The molecule has 0 atom stereocenters. The zero-order chi connectivity index (χ0) is 18.7. The Balaban J connectivity index is 1.46. The number of benzene rings is 1. The summed E-state index contributed by atoms with van der Waals surface area (Å²) in [6.07, 6.45) is 3.43. The first-order valence-corrected chi connectivity index (χ1v) is 8.96. The first-order valence-electron chi connectivity index (χ1n) is 8.96. The molecule has 0 saturated carbocycles. The van der Waals surface area contributed by atoms with Crippen molar-refractivity contribution in [2.45, 2.75) is 64.9 Å². The van der Waals surface area contributed by atoms with Gasteiger partial charge in [-0.25, -0.2) is 0 Å². The van der Waals surface area contributed by atoms with E-state index in [2.05, 4.69) is 10.1 Å². The highest BCUT2D eigenvalue weighted by atomic mass is 16.6. The van der Waals surface area contributed by atoms with Crippen LogP contribution in [-0.2, 0) is 34.4 Å². The van der Waals surface area contributed by atoms with Crippen LogP contribution in [0.15, 0.2) is 22.7 Å². The summed E-state index contributed by atoms with van der Waals surface area (Å²) in [7, 11) is 0. The molecule has 6 heteroatoms. The molecule has 0 bridgehead atoms. The number of carbonyl (C=O) groups excluding carboxylic acids is 2. The van der Waals surface area contributed by atoms with Crippen molar-refractivity contribution < 1.29 is 18.8 Å². The molecule has 138 valence electrons. The Labute approximate surface area is 152 Å². The van der Waals surface area contributed by atoms with Crippen molar-refractivity contribution in [3.63, 3.8) is 0 Å². The summed E-state index contributed by atoms with van der Waals surface area (Å²) in [6, 6.07) is 5.84. The van der Waals surface area contributed by atoms with Gasteiger partial charge in [0.05, 0.1) is 6.42 Å². The van der Waals surface area contributed by atoms with Crippen LogP contribution < -0.4 is 0 Å². The number of esters is 1. The van der Waals surface area contributed by atoms with Crippen molar-refractivity contribution in [3.8, 4) is 0 Å². The minimum atomic E-state index is -0.449. The van der Waals surface area contributed by atoms with Crippen LogP contribution in [0.25, 0.3) is 0 Å². The van der Waals surface area contributed by atoms with Crippen molar-refractivity contribution in [1.29, 1.82) is 0 Å². The molecule has 0 spiro atoms. The quantitative estimate of drug-likeness (QED) is 0.581. The zero-order valence-electron chi connectivity index (χ0n) is 15.5. The summed E-state index contributed by atoms with van der Waals surface area (Å²) in [4.78, 5) is 28.4. The molecule has 1 aromatic carbocycles. The predicted octanol–water partition coefficient (Wildman–Crippen LogP) is 3.56. The maximum absolute atomic E-state index is 12.3. The van der Waals surface area contributed by atoms with Gasteiger partial charge in [-0.15, -0.1) is 0 Å². The molecule has 0 N–H and O–H groups in total. The predicted molar refractivity (Wildman–Crippen MR) is 94.8 cm³/mol. The summed E-state index contributed by atoms with van der Waals surface area (Å²) >= 11 is 0. The van der Waals surface area contributed by atoms with E-state index in [1.54, 1.807) is 0 Å². The molecule has 1 aromatic heterocycles. The summed E-state index contributed by atoms with van der Waals surface area (Å²) in [5.41, 5.74) is 3.03. The standard InChI is InChI=1S/C20H24N2O4/c1-20(2,3)19-21-17(26-22-19)12-25-18(24)10-9-16(23)15-8-7-13-5-4-6-14(13)11-15/h7-8,11H,4-6,9-10,12H2,1-3H3. The van der Waals surface area contributed by atoms with E-state index in [0.29, 0.717) is 11.4 Å². The molecule has 2 aromatic rings. The van der Waals surface area contributed by atoms with Gasteiger partial charge in [0.1, 0.15) is 0 Å². The fourth-order valence-corrected chi connectivity index (χ4v) is 2.94. The van der Waals surface area contributed by atoms with Crippen LogP contribution in [-0.4, -0.2) is 21.9 Å². The average Bonchev–Trinajstić information content (AvgIpc) is 3.25. The van der Waals surface area contributed by atoms with Crippen LogP contribution in [0.5, 0.6) is 0 Å². The molecular weight excluding hydrogens is 332 g/mol. The van der Waals surface area contributed by atoms with Gasteiger partial charge in [0.15, 0.2) is 18.2 Å². The van der Waals surface area contributed by atoms with Crippen molar-refractivity contribution in [2.75, 3.05) is 0 Å². The van der Waals surface area contributed by atoms with E-state index < -0.39 is 5.97 Å². The van der Waals surface area contributed by atoms with Gasteiger partial charge in [-0.1, -0.05) is 38.1 Å². The van der Waals surface area contributed by atoms with Crippen LogP contribution in [0.2, 0.25) is 0 Å². The molecule has 0 radical (unpaired) electrons. The molecule has 1 aliphatic carbocycles. The van der Waals surface area contributed by atoms with Crippen LogP contribution in [0.1, 0.15) is 73.2 Å². The molecule has 0 unspecified atom stereocenters. The van der Waals surface area contributed by atoms with Gasteiger partial charge in [0, 0.05) is 17.4 Å². The lowest BCUT2D eigenvalue weighted by Gasteiger charge is -2.10. The SMILES string of the molecule is CC(C)(C)c1noc(COC(=O)CCC(=O)c2ccc3c(c2)CCC3)n1. The first-order chi connectivity index (χ1) is 12.3. The van der Waals surface area contributed by atoms with E-state index in [9.17, 15) is 9.59 Å². The minimum Gasteiger partial charge on any atom is -0.456 e. The number of Topliss-reactive ketones (excluding diaryl/α,β-unsaturated/α-hetero) is 1. The first kappa shape index (κ1) is 18.3. The summed E-state index contributed by atoms with van der Waals surface area (Å²) < 4.78 is 10.2. The zero-order valence-corrected chi connectivity index (χ0v) is 15.5. The number of aromatic nitrogens is 2. The highest BCUT2D eigenvalue weighted by molar-refractivity contribution is 5.97. The Bertz CT molecular complexity index is 817. The largest absolute Gasteiger partial charge is 0.456 e. The van der Waals surface area contributed by atoms with E-state index >= 15 is 0 Å². The Hall–Kier alpha value is -2.50. The molecule has 26 heavy (non-hydrogen) atoms. The van der Waals surface area contributed by atoms with Crippen molar-refractivity contribution in [3.05, 3.63) is 46.6 Å². The third-order valence-corrected chi connectivity index (χ3v) is 4.47. The summed E-state index contributed by atoms with van der Waals surface area (Å²) in [5, 5.41) is 3.88. The maximum Gasteiger partial charge on any atom is 0.306 e. The maximum atomic E-state index is 12.3. The highest BCUT2D eigenvalue weighted by Crippen LogP contribution is 2.23. The Kier molecular flexibility index (Phi) is 5.20. The summed E-state index contributed by atoms with van der Waals surface area (Å²) in [5.74, 6) is 0.336. The number of rotatable bonds is 6. The second-order valence-corrected chi connectivity index (χ2v) is 7.68. The van der Waals surface area contributed by atoms with Gasteiger partial charge >= 0.3 is 5.97 Å². The van der Waals surface area contributed by atoms with Crippen molar-refractivity contribution >= 4 is 11.8 Å². The van der Waals surface area contributed by atoms with Gasteiger partial charge in [-0.2, -0.15) is 4.98 Å². The third kappa shape index (κ3) is 4.36. The Morgan fingerprint density at radius 2 is 1.92 bits per heavy atom. The molecule has 0 amide bonds. The van der Waals surface area contributed by atoms with Gasteiger partial charge in [-0.05, 0) is 36.5 Å². The fraction of sp³-hybridized carbons (Fsp3) is 0.500. The lowest BCUT2D eigenvalue weighted by Crippen LogP contribution is -2.13. The summed E-state index contributed by atoms with van der Waals surface area (Å²) in [6.45, 7) is 5.84. The highest BCUT2D eigenvalue weighted by Gasteiger charge is 2.21. The van der Waals surface area contributed by atoms with Gasteiger partial charge in [0.2, 0.25) is 0 Å². The van der Waals surface area contributed by atoms with E-state index in [4.69, 9.17) is 9.26 Å². The number of aryl methyl sites for hydroxylation is 2. The normalized spacial score (nSPS) is 13.5. The van der Waals surface area contributed by atoms with Gasteiger partial charge < -0.3 is 9.26 Å². The van der Waals surface area contributed by atoms with E-state index in [-0.39, 0.29) is 36.5 Å². The van der Waals surface area contributed by atoms with Crippen LogP contribution >= 0.6 is 0 Å². The van der Waals surface area contributed by atoms with Gasteiger partial charge in [-0.3, -0.25) is 9.59 Å². The number of ketones is 1. The molecule has 1 heterocycles. The topological polar surface area (TPSA) is 82.3 Å². The lowest BCUT2D eigenvalue weighted by atomic mass is 9.96. The smallest absolute Gasteiger partial charge is 0.306 e. The molecule has 6 nitrogen and oxygen atoms in total. The molecule has 0 fully saturated rings. The molecule has 0 aliphatic heterocycles. The Morgan fingerprint density at radius 3 is 2.65 bits per heavy atom. The third-order valence-electron chi connectivity index (χ3n) is 4.47. The van der Waals surface area contributed by atoms with Gasteiger partial charge in [0.25, 0.3) is 5.89 Å². The molecule has 3 rings (SSSR count). The monoisotopic (exact) mass is 356 g/mol. The molecule has 0 saturated heterocycles.